The van der Waals surface area contributed by atoms with Gasteiger partial charge in [0.25, 0.3) is 11.8 Å². The van der Waals surface area contributed by atoms with Crippen LogP contribution in [-0.2, 0) is 29.0 Å². The molecule has 1 atom stereocenters. The van der Waals surface area contributed by atoms with Crippen molar-refractivity contribution < 1.29 is 23.5 Å². The molecule has 1 aliphatic heterocycles. The number of esters is 1. The van der Waals surface area contributed by atoms with Gasteiger partial charge in [-0.2, -0.15) is 0 Å². The fourth-order valence-electron chi connectivity index (χ4n) is 3.60. The molecule has 2 amide bonds. The van der Waals surface area contributed by atoms with Crippen LogP contribution in [0, 0.1) is 0 Å². The third kappa shape index (κ3) is 4.50. The molecule has 0 bridgehead atoms. The SMILES string of the molecule is CNC(=O)c1ccc(CN(Cc2ccco2)C(=O)C2Cc3ccccc3C(=O)O2)cc1. The average Bonchev–Trinajstić information content (AvgIpc) is 3.31. The number of nitrogens with zero attached hydrogens (tertiary/aromatic N) is 1. The number of nitrogens with one attached hydrogen (secondary N) is 1. The van der Waals surface area contributed by atoms with Gasteiger partial charge in [-0.15, -0.1) is 0 Å². The van der Waals surface area contributed by atoms with Crippen molar-refractivity contribution >= 4 is 17.8 Å². The number of carbonyl (C=O) groups is 3. The Kier molecular flexibility index (Phi) is 5.84. The lowest BCUT2D eigenvalue weighted by Gasteiger charge is -2.29. The van der Waals surface area contributed by atoms with E-state index in [-0.39, 0.29) is 24.9 Å². The molecule has 0 fully saturated rings. The van der Waals surface area contributed by atoms with Gasteiger partial charge < -0.3 is 19.4 Å². The maximum absolute atomic E-state index is 13.3. The van der Waals surface area contributed by atoms with Crippen molar-refractivity contribution in [1.82, 2.24) is 10.2 Å². The summed E-state index contributed by atoms with van der Waals surface area (Å²) < 4.78 is 10.9. The van der Waals surface area contributed by atoms with Gasteiger partial charge in [-0.05, 0) is 41.5 Å². The number of benzene rings is 2. The highest BCUT2D eigenvalue weighted by Gasteiger charge is 2.34. The summed E-state index contributed by atoms with van der Waals surface area (Å²) in [5.74, 6) is -0.344. The van der Waals surface area contributed by atoms with Crippen LogP contribution in [0.3, 0.4) is 0 Å². The van der Waals surface area contributed by atoms with E-state index in [4.69, 9.17) is 9.15 Å². The molecule has 0 saturated heterocycles. The molecule has 0 saturated carbocycles. The summed E-state index contributed by atoms with van der Waals surface area (Å²) in [6.07, 6.45) is 0.973. The number of cyclic esters (lactones) is 1. The summed E-state index contributed by atoms with van der Waals surface area (Å²) >= 11 is 0. The van der Waals surface area contributed by atoms with Crippen molar-refractivity contribution in [3.8, 4) is 0 Å². The first-order valence-electron chi connectivity index (χ1n) is 9.96. The van der Waals surface area contributed by atoms with Crippen LogP contribution in [0.25, 0.3) is 0 Å². The first-order chi connectivity index (χ1) is 15.0. The molecule has 2 aromatic carbocycles. The van der Waals surface area contributed by atoms with E-state index in [0.29, 0.717) is 23.3 Å². The second-order valence-electron chi connectivity index (χ2n) is 7.30. The molecule has 1 N–H and O–H groups in total. The summed E-state index contributed by atoms with van der Waals surface area (Å²) in [5.41, 5.74) is 2.67. The summed E-state index contributed by atoms with van der Waals surface area (Å²) in [4.78, 5) is 39.1. The molecule has 7 nitrogen and oxygen atoms in total. The van der Waals surface area contributed by atoms with E-state index < -0.39 is 12.1 Å². The zero-order valence-corrected chi connectivity index (χ0v) is 17.0. The number of amides is 2. The lowest BCUT2D eigenvalue weighted by molar-refractivity contribution is -0.142. The Morgan fingerprint density at radius 1 is 1.03 bits per heavy atom. The molecule has 2 heterocycles. The molecule has 1 aliphatic rings. The molecule has 1 unspecified atom stereocenters. The molecule has 0 radical (unpaired) electrons. The van der Waals surface area contributed by atoms with Crippen LogP contribution in [0.2, 0.25) is 0 Å². The number of furan rings is 1. The van der Waals surface area contributed by atoms with Crippen molar-refractivity contribution in [1.29, 1.82) is 0 Å². The molecule has 31 heavy (non-hydrogen) atoms. The Morgan fingerprint density at radius 3 is 2.52 bits per heavy atom. The molecular formula is C24H22N2O5. The third-order valence-corrected chi connectivity index (χ3v) is 5.22. The number of ether oxygens (including phenoxy) is 1. The first kappa shape index (κ1) is 20.4. The Hall–Kier alpha value is -3.87. The second kappa shape index (κ2) is 8.87. The van der Waals surface area contributed by atoms with Gasteiger partial charge in [-0.25, -0.2) is 4.79 Å². The van der Waals surface area contributed by atoms with Crippen molar-refractivity contribution in [2.24, 2.45) is 0 Å². The van der Waals surface area contributed by atoms with Gasteiger partial charge in [-0.3, -0.25) is 9.59 Å². The number of rotatable bonds is 6. The minimum Gasteiger partial charge on any atom is -0.467 e. The maximum atomic E-state index is 13.3. The normalized spacial score (nSPS) is 15.0. The van der Waals surface area contributed by atoms with Gasteiger partial charge in [-0.1, -0.05) is 30.3 Å². The Bertz CT molecular complexity index is 1090. The van der Waals surface area contributed by atoms with Crippen molar-refractivity contribution in [3.63, 3.8) is 0 Å². The van der Waals surface area contributed by atoms with E-state index in [9.17, 15) is 14.4 Å². The monoisotopic (exact) mass is 418 g/mol. The predicted molar refractivity (Wildman–Crippen MR) is 112 cm³/mol. The Balaban J connectivity index is 1.55. The number of hydrogen-bond acceptors (Lipinski definition) is 5. The van der Waals surface area contributed by atoms with Crippen LogP contribution in [0.4, 0.5) is 0 Å². The molecule has 0 spiro atoms. The molecule has 0 aliphatic carbocycles. The van der Waals surface area contributed by atoms with Crippen LogP contribution in [0.15, 0.2) is 71.3 Å². The van der Waals surface area contributed by atoms with Gasteiger partial charge in [0.2, 0.25) is 0 Å². The van der Waals surface area contributed by atoms with E-state index >= 15 is 0 Å². The zero-order chi connectivity index (χ0) is 21.8. The van der Waals surface area contributed by atoms with Crippen LogP contribution in [-0.4, -0.2) is 35.8 Å². The van der Waals surface area contributed by atoms with Crippen LogP contribution >= 0.6 is 0 Å². The van der Waals surface area contributed by atoms with Crippen molar-refractivity contribution in [3.05, 3.63) is 94.9 Å². The quantitative estimate of drug-likeness (QED) is 0.622. The van der Waals surface area contributed by atoms with E-state index in [1.54, 1.807) is 66.7 Å². The van der Waals surface area contributed by atoms with Gasteiger partial charge in [0.1, 0.15) is 5.76 Å². The van der Waals surface area contributed by atoms with Gasteiger partial charge in [0.15, 0.2) is 6.10 Å². The molecule has 3 aromatic rings. The lowest BCUT2D eigenvalue weighted by atomic mass is 9.98. The highest BCUT2D eigenvalue weighted by Crippen LogP contribution is 2.23. The molecule has 4 rings (SSSR count). The fourth-order valence-corrected chi connectivity index (χ4v) is 3.60. The largest absolute Gasteiger partial charge is 0.467 e. The molecular weight excluding hydrogens is 396 g/mol. The number of fused-ring (bicyclic) bond motifs is 1. The van der Waals surface area contributed by atoms with E-state index in [0.717, 1.165) is 11.1 Å². The smallest absolute Gasteiger partial charge is 0.339 e. The summed E-state index contributed by atoms with van der Waals surface area (Å²) in [6.45, 7) is 0.516. The third-order valence-electron chi connectivity index (χ3n) is 5.22. The topological polar surface area (TPSA) is 88.9 Å². The van der Waals surface area contributed by atoms with E-state index in [2.05, 4.69) is 5.32 Å². The van der Waals surface area contributed by atoms with Crippen molar-refractivity contribution in [2.75, 3.05) is 7.05 Å². The van der Waals surface area contributed by atoms with Gasteiger partial charge >= 0.3 is 5.97 Å². The summed E-state index contributed by atoms with van der Waals surface area (Å²) in [5, 5.41) is 2.58. The molecule has 7 heteroatoms. The number of hydrogen-bond donors (Lipinski definition) is 1. The zero-order valence-electron chi connectivity index (χ0n) is 17.0. The lowest BCUT2D eigenvalue weighted by Crippen LogP contribution is -2.43. The number of carbonyl (C=O) groups excluding carboxylic acids is 3. The molecule has 158 valence electrons. The molecule has 1 aromatic heterocycles. The van der Waals surface area contributed by atoms with E-state index in [1.165, 1.54) is 0 Å². The minimum absolute atomic E-state index is 0.178. The Labute approximate surface area is 179 Å². The summed E-state index contributed by atoms with van der Waals surface area (Å²) in [6, 6.07) is 17.7. The standard InChI is InChI=1S/C24H22N2O5/c1-25-22(27)17-10-8-16(9-11-17)14-26(15-19-6-4-12-30-19)23(28)21-13-18-5-2-3-7-20(18)24(29)31-21/h2-12,21H,13-15H2,1H3,(H,25,27). The van der Waals surface area contributed by atoms with Crippen LogP contribution in [0.5, 0.6) is 0 Å². The fraction of sp³-hybridized carbons (Fsp3) is 0.208. The highest BCUT2D eigenvalue weighted by atomic mass is 16.5. The predicted octanol–water partition coefficient (Wildman–Crippen LogP) is 2.95. The van der Waals surface area contributed by atoms with Crippen LogP contribution in [0.1, 0.15) is 37.6 Å². The summed E-state index contributed by atoms with van der Waals surface area (Å²) in [7, 11) is 1.57. The maximum Gasteiger partial charge on any atom is 0.339 e. The Morgan fingerprint density at radius 2 is 1.81 bits per heavy atom. The van der Waals surface area contributed by atoms with Crippen molar-refractivity contribution in [2.45, 2.75) is 25.6 Å². The first-order valence-corrected chi connectivity index (χ1v) is 9.96. The van der Waals surface area contributed by atoms with Crippen LogP contribution < -0.4 is 5.32 Å². The van der Waals surface area contributed by atoms with Gasteiger partial charge in [0.05, 0.1) is 18.4 Å². The average molecular weight is 418 g/mol. The minimum atomic E-state index is -0.900. The van der Waals surface area contributed by atoms with Gasteiger partial charge in [0, 0.05) is 25.6 Å². The highest BCUT2D eigenvalue weighted by molar-refractivity contribution is 5.96. The second-order valence-corrected chi connectivity index (χ2v) is 7.30. The van der Waals surface area contributed by atoms with E-state index in [1.807, 2.05) is 12.1 Å².